The zero-order valence-corrected chi connectivity index (χ0v) is 13.0. The number of alkyl halides is 6. The van der Waals surface area contributed by atoms with Gasteiger partial charge in [0, 0.05) is 20.5 Å². The summed E-state index contributed by atoms with van der Waals surface area (Å²) in [6, 6.07) is 0. The van der Waals surface area contributed by atoms with Crippen LogP contribution in [0.5, 0.6) is 0 Å². The van der Waals surface area contributed by atoms with E-state index in [0.29, 0.717) is 13.8 Å². The summed E-state index contributed by atoms with van der Waals surface area (Å²) in [4.78, 5) is 22.5. The molecule has 1 aliphatic rings. The first kappa shape index (κ1) is 20.5. The SMILES string of the molecule is CCO[C@]1(C(F)(F)F)CN(C(C)=O)[C@@](O)(C(F)(F)F)CN1C(C)=O. The predicted octanol–water partition coefficient (Wildman–Crippen LogP) is 1.24. The van der Waals surface area contributed by atoms with Gasteiger partial charge in [-0.2, -0.15) is 26.3 Å². The third kappa shape index (κ3) is 3.04. The molecule has 24 heavy (non-hydrogen) atoms. The standard InChI is InChI=1S/C12H16F6N2O4/c1-4-24-10(12(16,17)18)6-19(7(2)21)9(23,11(13,14)15)5-20(10)8(3)22/h23H,4-6H2,1-3H3/t9-,10-/m0/s1. The van der Waals surface area contributed by atoms with Gasteiger partial charge in [0.2, 0.25) is 11.8 Å². The quantitative estimate of drug-likeness (QED) is 0.747. The number of nitrogens with zero attached hydrogens (tertiary/aromatic N) is 2. The number of ether oxygens (including phenoxy) is 1. The zero-order chi connectivity index (χ0) is 19.1. The summed E-state index contributed by atoms with van der Waals surface area (Å²) in [7, 11) is 0. The molecule has 0 aromatic carbocycles. The number of rotatable bonds is 2. The van der Waals surface area contributed by atoms with Gasteiger partial charge in [0.15, 0.2) is 0 Å². The minimum atomic E-state index is -5.49. The molecule has 0 aromatic heterocycles. The Morgan fingerprint density at radius 2 is 1.46 bits per heavy atom. The summed E-state index contributed by atoms with van der Waals surface area (Å²) in [5.41, 5.74) is -7.45. The Balaban J connectivity index is 3.60. The molecule has 0 radical (unpaired) electrons. The maximum absolute atomic E-state index is 13.6. The van der Waals surface area contributed by atoms with Crippen molar-refractivity contribution in [3.63, 3.8) is 0 Å². The van der Waals surface area contributed by atoms with Crippen LogP contribution in [-0.4, -0.2) is 70.2 Å². The highest BCUT2D eigenvalue weighted by Crippen LogP contribution is 2.46. The third-order valence-corrected chi connectivity index (χ3v) is 3.67. The minimum Gasteiger partial charge on any atom is -0.362 e. The molecule has 2 atom stereocenters. The van der Waals surface area contributed by atoms with Crippen LogP contribution in [0.1, 0.15) is 20.8 Å². The fourth-order valence-corrected chi connectivity index (χ4v) is 2.53. The van der Waals surface area contributed by atoms with E-state index in [-0.39, 0.29) is 9.80 Å². The molecule has 1 heterocycles. The first-order valence-corrected chi connectivity index (χ1v) is 6.70. The van der Waals surface area contributed by atoms with Gasteiger partial charge >= 0.3 is 12.4 Å². The number of carbonyl (C=O) groups is 2. The highest BCUT2D eigenvalue weighted by Gasteiger charge is 2.72. The first-order valence-electron chi connectivity index (χ1n) is 6.70. The second kappa shape index (κ2) is 6.06. The molecule has 140 valence electrons. The van der Waals surface area contributed by atoms with Crippen LogP contribution < -0.4 is 0 Å². The molecule has 2 amide bonds. The highest BCUT2D eigenvalue weighted by molar-refractivity contribution is 5.77. The van der Waals surface area contributed by atoms with Crippen molar-refractivity contribution in [2.24, 2.45) is 0 Å². The maximum Gasteiger partial charge on any atom is 0.438 e. The van der Waals surface area contributed by atoms with Crippen molar-refractivity contribution >= 4 is 11.8 Å². The number of piperazine rings is 1. The van der Waals surface area contributed by atoms with Crippen molar-refractivity contribution in [1.29, 1.82) is 0 Å². The van der Waals surface area contributed by atoms with Crippen molar-refractivity contribution in [2.45, 2.75) is 44.6 Å². The monoisotopic (exact) mass is 366 g/mol. The van der Waals surface area contributed by atoms with E-state index in [2.05, 4.69) is 4.74 Å². The van der Waals surface area contributed by atoms with Gasteiger partial charge in [-0.05, 0) is 6.92 Å². The summed E-state index contributed by atoms with van der Waals surface area (Å²) in [5, 5.41) is 9.89. The van der Waals surface area contributed by atoms with E-state index in [0.717, 1.165) is 6.92 Å². The molecule has 1 aliphatic heterocycles. The molecule has 1 fully saturated rings. The molecule has 0 unspecified atom stereocenters. The average molecular weight is 366 g/mol. The number of hydrogen-bond donors (Lipinski definition) is 1. The lowest BCUT2D eigenvalue weighted by atomic mass is 9.98. The van der Waals surface area contributed by atoms with E-state index < -0.39 is 55.3 Å². The average Bonchev–Trinajstić information content (AvgIpc) is 2.37. The van der Waals surface area contributed by atoms with Crippen LogP contribution in [0.2, 0.25) is 0 Å². The van der Waals surface area contributed by atoms with E-state index in [1.165, 1.54) is 0 Å². The van der Waals surface area contributed by atoms with Gasteiger partial charge in [0.25, 0.3) is 11.4 Å². The Bertz CT molecular complexity index is 523. The molecule has 1 rings (SSSR count). The number of carbonyl (C=O) groups excluding carboxylic acids is 2. The fourth-order valence-electron chi connectivity index (χ4n) is 2.53. The van der Waals surface area contributed by atoms with E-state index in [1.807, 2.05) is 0 Å². The summed E-state index contributed by atoms with van der Waals surface area (Å²) in [6.07, 6.45) is -10.8. The van der Waals surface area contributed by atoms with Crippen LogP contribution in [0.15, 0.2) is 0 Å². The largest absolute Gasteiger partial charge is 0.438 e. The van der Waals surface area contributed by atoms with Gasteiger partial charge in [-0.1, -0.05) is 0 Å². The molecule has 1 N–H and O–H groups in total. The van der Waals surface area contributed by atoms with Crippen LogP contribution in [0.4, 0.5) is 26.3 Å². The van der Waals surface area contributed by atoms with Crippen molar-refractivity contribution < 1.29 is 45.8 Å². The number of hydrogen-bond acceptors (Lipinski definition) is 4. The summed E-state index contributed by atoms with van der Waals surface area (Å²) >= 11 is 0. The Morgan fingerprint density at radius 3 is 1.75 bits per heavy atom. The van der Waals surface area contributed by atoms with Crippen LogP contribution in [0, 0.1) is 0 Å². The molecular weight excluding hydrogens is 350 g/mol. The molecular formula is C12H16F6N2O4. The topological polar surface area (TPSA) is 70.1 Å². The predicted molar refractivity (Wildman–Crippen MR) is 66.2 cm³/mol. The van der Waals surface area contributed by atoms with Gasteiger partial charge < -0.3 is 19.6 Å². The van der Waals surface area contributed by atoms with Crippen molar-refractivity contribution in [1.82, 2.24) is 9.80 Å². The fraction of sp³-hybridized carbons (Fsp3) is 0.833. The Kier molecular flexibility index (Phi) is 5.17. The van der Waals surface area contributed by atoms with Gasteiger partial charge in [-0.3, -0.25) is 9.59 Å². The van der Waals surface area contributed by atoms with Crippen molar-refractivity contribution in [3.8, 4) is 0 Å². The molecule has 0 aromatic rings. The van der Waals surface area contributed by atoms with Gasteiger partial charge in [0.1, 0.15) is 0 Å². The van der Waals surface area contributed by atoms with Crippen LogP contribution in [0.3, 0.4) is 0 Å². The minimum absolute atomic E-state index is 0.247. The number of aliphatic hydroxyl groups is 1. The van der Waals surface area contributed by atoms with Crippen molar-refractivity contribution in [3.05, 3.63) is 0 Å². The van der Waals surface area contributed by atoms with E-state index in [9.17, 15) is 41.0 Å². The lowest BCUT2D eigenvalue weighted by Gasteiger charge is -2.55. The second-order valence-electron chi connectivity index (χ2n) is 5.24. The second-order valence-corrected chi connectivity index (χ2v) is 5.24. The Hall–Kier alpha value is -1.56. The lowest BCUT2D eigenvalue weighted by molar-refractivity contribution is -0.390. The van der Waals surface area contributed by atoms with Gasteiger partial charge in [-0.15, -0.1) is 0 Å². The summed E-state index contributed by atoms with van der Waals surface area (Å²) in [5.74, 6) is -2.85. The van der Waals surface area contributed by atoms with Gasteiger partial charge in [-0.25, -0.2) is 0 Å². The highest BCUT2D eigenvalue weighted by atomic mass is 19.4. The Labute approximate surface area is 132 Å². The smallest absolute Gasteiger partial charge is 0.362 e. The third-order valence-electron chi connectivity index (χ3n) is 3.67. The molecule has 0 saturated carbocycles. The number of halogens is 6. The van der Waals surface area contributed by atoms with Gasteiger partial charge in [0.05, 0.1) is 13.1 Å². The van der Waals surface area contributed by atoms with E-state index in [4.69, 9.17) is 0 Å². The number of β-amino-alcohol motifs (C(OH)–C–C–N with tert-alkyl or cyclic N) is 1. The summed E-state index contributed by atoms with van der Waals surface area (Å²) < 4.78 is 84.9. The molecule has 1 saturated heterocycles. The maximum atomic E-state index is 13.6. The number of amides is 2. The molecule has 6 nitrogen and oxygen atoms in total. The van der Waals surface area contributed by atoms with Crippen LogP contribution in [-0.2, 0) is 14.3 Å². The lowest BCUT2D eigenvalue weighted by Crippen LogP contribution is -2.80. The van der Waals surface area contributed by atoms with Crippen molar-refractivity contribution in [2.75, 3.05) is 19.7 Å². The van der Waals surface area contributed by atoms with Crippen LogP contribution >= 0.6 is 0 Å². The van der Waals surface area contributed by atoms with E-state index in [1.54, 1.807) is 0 Å². The molecule has 0 bridgehead atoms. The first-order chi connectivity index (χ1) is 10.6. The summed E-state index contributed by atoms with van der Waals surface area (Å²) in [6.45, 7) is -1.80. The molecule has 0 aliphatic carbocycles. The Morgan fingerprint density at radius 1 is 1.00 bits per heavy atom. The zero-order valence-electron chi connectivity index (χ0n) is 13.0. The van der Waals surface area contributed by atoms with Crippen LogP contribution in [0.25, 0.3) is 0 Å². The van der Waals surface area contributed by atoms with E-state index >= 15 is 0 Å². The molecule has 0 spiro atoms. The normalized spacial score (nSPS) is 28.9. The molecule has 12 heteroatoms.